The molecule has 0 aliphatic carbocycles. The summed E-state index contributed by atoms with van der Waals surface area (Å²) in [4.78, 5) is 11.8. The van der Waals surface area contributed by atoms with E-state index in [4.69, 9.17) is 9.47 Å². The molecule has 4 heteroatoms. The summed E-state index contributed by atoms with van der Waals surface area (Å²) < 4.78 is 10.8. The molecule has 2 aromatic carbocycles. The molecule has 4 nitrogen and oxygen atoms in total. The average Bonchev–Trinajstić information content (AvgIpc) is 2.53. The molecular formula is C17H19NO3. The Morgan fingerprint density at radius 3 is 2.38 bits per heavy atom. The first kappa shape index (κ1) is 14.9. The lowest BCUT2D eigenvalue weighted by Gasteiger charge is -2.10. The van der Waals surface area contributed by atoms with Gasteiger partial charge < -0.3 is 14.8 Å². The number of ether oxygens (including phenoxy) is 2. The maximum absolute atomic E-state index is 11.8. The topological polar surface area (TPSA) is 47.6 Å². The molecule has 0 heterocycles. The second-order valence-electron chi connectivity index (χ2n) is 4.51. The molecule has 0 saturated carbocycles. The van der Waals surface area contributed by atoms with E-state index < -0.39 is 0 Å². The minimum absolute atomic E-state index is 0.00942. The molecule has 0 fully saturated rings. The number of hydrogen-bond acceptors (Lipinski definition) is 3. The van der Waals surface area contributed by atoms with Gasteiger partial charge in [-0.2, -0.15) is 0 Å². The van der Waals surface area contributed by atoms with Crippen LogP contribution < -0.4 is 14.8 Å². The van der Waals surface area contributed by atoms with Crippen molar-refractivity contribution in [3.8, 4) is 11.5 Å². The van der Waals surface area contributed by atoms with Gasteiger partial charge in [0.1, 0.15) is 6.61 Å². The van der Waals surface area contributed by atoms with Gasteiger partial charge in [0.2, 0.25) is 5.91 Å². The number of hydrogen-bond donors (Lipinski definition) is 1. The van der Waals surface area contributed by atoms with Crippen LogP contribution in [-0.2, 0) is 11.2 Å². The molecule has 0 spiro atoms. The van der Waals surface area contributed by atoms with Gasteiger partial charge in [-0.1, -0.05) is 42.5 Å². The number of carbonyl (C=O) groups is 1. The van der Waals surface area contributed by atoms with Gasteiger partial charge in [-0.15, -0.1) is 0 Å². The fourth-order valence-electron chi connectivity index (χ4n) is 1.93. The summed E-state index contributed by atoms with van der Waals surface area (Å²) in [6.07, 6.45) is 0.384. The van der Waals surface area contributed by atoms with E-state index >= 15 is 0 Å². The minimum atomic E-state index is -0.00942. The van der Waals surface area contributed by atoms with Crippen LogP contribution in [0.25, 0.3) is 0 Å². The van der Waals surface area contributed by atoms with E-state index in [-0.39, 0.29) is 5.91 Å². The third-order valence-corrected chi connectivity index (χ3v) is 2.96. The highest BCUT2D eigenvalue weighted by atomic mass is 16.5. The van der Waals surface area contributed by atoms with Gasteiger partial charge in [0.15, 0.2) is 11.5 Å². The van der Waals surface area contributed by atoms with Crippen molar-refractivity contribution in [2.75, 3.05) is 20.3 Å². The second kappa shape index (κ2) is 7.94. The zero-order valence-corrected chi connectivity index (χ0v) is 12.0. The van der Waals surface area contributed by atoms with Crippen LogP contribution in [0.2, 0.25) is 0 Å². The number of methoxy groups -OCH3 is 1. The SMILES string of the molecule is COc1ccccc1OCCNC(=O)Cc1ccccc1. The molecule has 2 rings (SSSR count). The van der Waals surface area contributed by atoms with Crippen molar-refractivity contribution in [3.05, 3.63) is 60.2 Å². The Kier molecular flexibility index (Phi) is 5.64. The molecule has 0 radical (unpaired) electrons. The average molecular weight is 285 g/mol. The van der Waals surface area contributed by atoms with E-state index in [1.807, 2.05) is 54.6 Å². The zero-order chi connectivity index (χ0) is 14.9. The first-order valence-corrected chi connectivity index (χ1v) is 6.86. The highest BCUT2D eigenvalue weighted by Gasteiger charge is 2.04. The third-order valence-electron chi connectivity index (χ3n) is 2.96. The number of para-hydroxylation sites is 2. The summed E-state index contributed by atoms with van der Waals surface area (Å²) >= 11 is 0. The van der Waals surface area contributed by atoms with E-state index in [1.54, 1.807) is 7.11 Å². The molecule has 0 unspecified atom stereocenters. The standard InChI is InChI=1S/C17H19NO3/c1-20-15-9-5-6-10-16(15)21-12-11-18-17(19)13-14-7-3-2-4-8-14/h2-10H,11-13H2,1H3,(H,18,19). The molecule has 0 aromatic heterocycles. The molecular weight excluding hydrogens is 266 g/mol. The number of amides is 1. The van der Waals surface area contributed by atoms with Crippen molar-refractivity contribution in [2.24, 2.45) is 0 Å². The van der Waals surface area contributed by atoms with Gasteiger partial charge in [0.05, 0.1) is 20.1 Å². The molecule has 1 amide bonds. The fraction of sp³-hybridized carbons (Fsp3) is 0.235. The zero-order valence-electron chi connectivity index (χ0n) is 12.0. The molecule has 21 heavy (non-hydrogen) atoms. The van der Waals surface area contributed by atoms with Crippen molar-refractivity contribution >= 4 is 5.91 Å². The fourth-order valence-corrected chi connectivity index (χ4v) is 1.93. The Hall–Kier alpha value is -2.49. The van der Waals surface area contributed by atoms with E-state index in [2.05, 4.69) is 5.32 Å². The minimum Gasteiger partial charge on any atom is -0.493 e. The number of nitrogens with one attached hydrogen (secondary N) is 1. The molecule has 0 aliphatic heterocycles. The van der Waals surface area contributed by atoms with Crippen molar-refractivity contribution in [2.45, 2.75) is 6.42 Å². The summed E-state index contributed by atoms with van der Waals surface area (Å²) in [7, 11) is 1.60. The lowest BCUT2D eigenvalue weighted by atomic mass is 10.1. The predicted molar refractivity (Wildman–Crippen MR) is 81.6 cm³/mol. The Labute approximate surface area is 124 Å². The largest absolute Gasteiger partial charge is 0.493 e. The van der Waals surface area contributed by atoms with Gasteiger partial charge in [-0.3, -0.25) is 4.79 Å². The summed E-state index contributed by atoms with van der Waals surface area (Å²) in [5.74, 6) is 1.36. The van der Waals surface area contributed by atoms with Crippen LogP contribution >= 0.6 is 0 Å². The van der Waals surface area contributed by atoms with Crippen molar-refractivity contribution in [1.29, 1.82) is 0 Å². The maximum atomic E-state index is 11.8. The van der Waals surface area contributed by atoms with Gasteiger partial charge in [0.25, 0.3) is 0 Å². The molecule has 0 bridgehead atoms. The van der Waals surface area contributed by atoms with Crippen LogP contribution in [0.3, 0.4) is 0 Å². The third kappa shape index (κ3) is 4.84. The van der Waals surface area contributed by atoms with Gasteiger partial charge in [-0.25, -0.2) is 0 Å². The van der Waals surface area contributed by atoms with Crippen LogP contribution in [0.4, 0.5) is 0 Å². The highest BCUT2D eigenvalue weighted by Crippen LogP contribution is 2.25. The smallest absolute Gasteiger partial charge is 0.224 e. The first-order chi connectivity index (χ1) is 10.3. The Balaban J connectivity index is 1.71. The summed E-state index contributed by atoms with van der Waals surface area (Å²) in [6.45, 7) is 0.866. The number of benzene rings is 2. The lowest BCUT2D eigenvalue weighted by molar-refractivity contribution is -0.120. The van der Waals surface area contributed by atoms with E-state index in [0.29, 0.717) is 31.1 Å². The van der Waals surface area contributed by atoms with Crippen LogP contribution in [-0.4, -0.2) is 26.2 Å². The number of rotatable bonds is 7. The Bertz CT molecular complexity index is 569. The summed E-state index contributed by atoms with van der Waals surface area (Å²) in [6, 6.07) is 17.1. The van der Waals surface area contributed by atoms with E-state index in [1.165, 1.54) is 0 Å². The van der Waals surface area contributed by atoms with Crippen molar-refractivity contribution in [1.82, 2.24) is 5.32 Å². The van der Waals surface area contributed by atoms with Gasteiger partial charge in [-0.05, 0) is 17.7 Å². The Morgan fingerprint density at radius 2 is 1.67 bits per heavy atom. The molecule has 0 saturated heterocycles. The van der Waals surface area contributed by atoms with Crippen LogP contribution in [0, 0.1) is 0 Å². The van der Waals surface area contributed by atoms with Crippen LogP contribution in [0.1, 0.15) is 5.56 Å². The van der Waals surface area contributed by atoms with Crippen molar-refractivity contribution < 1.29 is 14.3 Å². The molecule has 2 aromatic rings. The first-order valence-electron chi connectivity index (χ1n) is 6.86. The van der Waals surface area contributed by atoms with Crippen LogP contribution in [0.5, 0.6) is 11.5 Å². The monoisotopic (exact) mass is 285 g/mol. The second-order valence-corrected chi connectivity index (χ2v) is 4.51. The quantitative estimate of drug-likeness (QED) is 0.795. The summed E-state index contributed by atoms with van der Waals surface area (Å²) in [5.41, 5.74) is 1.00. The normalized spacial score (nSPS) is 9.95. The maximum Gasteiger partial charge on any atom is 0.224 e. The number of carbonyl (C=O) groups excluding carboxylic acids is 1. The summed E-state index contributed by atoms with van der Waals surface area (Å²) in [5, 5.41) is 2.83. The highest BCUT2D eigenvalue weighted by molar-refractivity contribution is 5.78. The lowest BCUT2D eigenvalue weighted by Crippen LogP contribution is -2.29. The Morgan fingerprint density at radius 1 is 1.00 bits per heavy atom. The molecule has 0 atom stereocenters. The van der Waals surface area contributed by atoms with E-state index in [9.17, 15) is 4.79 Å². The van der Waals surface area contributed by atoms with Gasteiger partial charge >= 0.3 is 0 Å². The van der Waals surface area contributed by atoms with Crippen LogP contribution in [0.15, 0.2) is 54.6 Å². The predicted octanol–water partition coefficient (Wildman–Crippen LogP) is 2.43. The molecule has 110 valence electrons. The molecule has 1 N–H and O–H groups in total. The van der Waals surface area contributed by atoms with Gasteiger partial charge in [0, 0.05) is 0 Å². The van der Waals surface area contributed by atoms with Crippen molar-refractivity contribution in [3.63, 3.8) is 0 Å². The van der Waals surface area contributed by atoms with E-state index in [0.717, 1.165) is 5.56 Å². The molecule has 0 aliphatic rings.